The maximum atomic E-state index is 13.8. The molecule has 0 aromatic heterocycles. The third-order valence-electron chi connectivity index (χ3n) is 7.83. The second kappa shape index (κ2) is 14.1. The smallest absolute Gasteiger partial charge is 0.256 e. The number of methoxy groups -OCH3 is 2. The molecule has 3 aromatic carbocycles. The van der Waals surface area contributed by atoms with Crippen LogP contribution in [0, 0.1) is 0 Å². The van der Waals surface area contributed by atoms with Crippen LogP contribution in [0.4, 0.5) is 17.1 Å². The Morgan fingerprint density at radius 2 is 1.65 bits per heavy atom. The van der Waals surface area contributed by atoms with Crippen molar-refractivity contribution >= 4 is 57.8 Å². The van der Waals surface area contributed by atoms with E-state index in [-0.39, 0.29) is 18.2 Å². The topological polar surface area (TPSA) is 77.6 Å². The van der Waals surface area contributed by atoms with Gasteiger partial charge in [0.2, 0.25) is 5.91 Å². The predicted octanol–water partition coefficient (Wildman–Crippen LogP) is 4.90. The number of carbonyl (C=O) groups excluding carboxylic acids is 2. The fourth-order valence-corrected chi connectivity index (χ4v) is 6.18. The molecule has 2 saturated heterocycles. The van der Waals surface area contributed by atoms with Crippen LogP contribution in [-0.4, -0.2) is 86.3 Å². The second-order valence-corrected chi connectivity index (χ2v) is 11.3. The first kappa shape index (κ1) is 30.6. The van der Waals surface area contributed by atoms with Crippen LogP contribution in [0.25, 0.3) is 0 Å². The van der Waals surface area contributed by atoms with Gasteiger partial charge in [-0.05, 0) is 79.8 Å². The number of para-hydroxylation sites is 1. The molecular formula is C32H36ClN5O4S. The fraction of sp³-hybridized carbons (Fsp3) is 0.344. The molecule has 0 bridgehead atoms. The minimum Gasteiger partial charge on any atom is -0.497 e. The van der Waals surface area contributed by atoms with Gasteiger partial charge >= 0.3 is 0 Å². The Kier molecular flexibility index (Phi) is 10.0. The van der Waals surface area contributed by atoms with E-state index in [1.165, 1.54) is 17.7 Å². The SMILES string of the molecule is COc1ccc(NC(=O)C[C@@H]2C(=O)N(c3ccc(OC)c(Cl)c3)C(=S)N2CCCN2CCN(c3ccccc3)CC2)cc1. The van der Waals surface area contributed by atoms with Crippen molar-refractivity contribution in [2.45, 2.75) is 18.9 Å². The minimum absolute atomic E-state index is 0.0405. The maximum Gasteiger partial charge on any atom is 0.256 e. The molecule has 0 saturated carbocycles. The Hall–Kier alpha value is -3.86. The Bertz CT molecular complexity index is 1430. The first-order chi connectivity index (χ1) is 20.9. The summed E-state index contributed by atoms with van der Waals surface area (Å²) in [6.07, 6.45) is 0.758. The highest BCUT2D eigenvalue weighted by Crippen LogP contribution is 2.33. The van der Waals surface area contributed by atoms with E-state index in [0.717, 1.165) is 39.1 Å². The molecule has 9 nitrogen and oxygen atoms in total. The van der Waals surface area contributed by atoms with Gasteiger partial charge in [-0.25, -0.2) is 0 Å². The molecule has 1 N–H and O–H groups in total. The number of halogens is 1. The number of ether oxygens (including phenoxy) is 2. The van der Waals surface area contributed by atoms with Crippen LogP contribution < -0.4 is 24.6 Å². The van der Waals surface area contributed by atoms with Crippen molar-refractivity contribution in [2.24, 2.45) is 0 Å². The van der Waals surface area contributed by atoms with Crippen molar-refractivity contribution < 1.29 is 19.1 Å². The summed E-state index contributed by atoms with van der Waals surface area (Å²) >= 11 is 12.2. The van der Waals surface area contributed by atoms with Crippen molar-refractivity contribution in [1.29, 1.82) is 0 Å². The molecule has 0 unspecified atom stereocenters. The molecule has 5 rings (SSSR count). The van der Waals surface area contributed by atoms with Crippen molar-refractivity contribution in [1.82, 2.24) is 9.80 Å². The summed E-state index contributed by atoms with van der Waals surface area (Å²) in [4.78, 5) is 35.1. The first-order valence-electron chi connectivity index (χ1n) is 14.3. The minimum atomic E-state index is -0.735. The molecule has 0 aliphatic carbocycles. The van der Waals surface area contributed by atoms with E-state index in [1.54, 1.807) is 49.6 Å². The van der Waals surface area contributed by atoms with Crippen molar-refractivity contribution in [3.8, 4) is 11.5 Å². The molecule has 0 radical (unpaired) electrons. The van der Waals surface area contributed by atoms with Gasteiger partial charge in [-0.15, -0.1) is 0 Å². The second-order valence-electron chi connectivity index (χ2n) is 10.5. The average Bonchev–Trinajstić information content (AvgIpc) is 3.26. The van der Waals surface area contributed by atoms with Crippen LogP contribution in [0.15, 0.2) is 72.8 Å². The van der Waals surface area contributed by atoms with Crippen LogP contribution >= 0.6 is 23.8 Å². The van der Waals surface area contributed by atoms with Crippen molar-refractivity contribution in [3.63, 3.8) is 0 Å². The summed E-state index contributed by atoms with van der Waals surface area (Å²) in [6, 6.07) is 21.9. The number of hydrogen-bond donors (Lipinski definition) is 1. The molecule has 1 atom stereocenters. The van der Waals surface area contributed by atoms with Gasteiger partial charge in [0.05, 0.1) is 31.4 Å². The van der Waals surface area contributed by atoms with Crippen LogP contribution in [-0.2, 0) is 9.59 Å². The lowest BCUT2D eigenvalue weighted by molar-refractivity contribution is -0.124. The lowest BCUT2D eigenvalue weighted by Gasteiger charge is -2.36. The number of rotatable bonds is 11. The van der Waals surface area contributed by atoms with E-state index in [4.69, 9.17) is 33.3 Å². The molecule has 2 heterocycles. The number of nitrogens with zero attached hydrogens (tertiary/aromatic N) is 4. The van der Waals surface area contributed by atoms with E-state index in [2.05, 4.69) is 39.4 Å². The molecule has 0 spiro atoms. The number of hydrogen-bond acceptors (Lipinski definition) is 7. The molecule has 2 fully saturated rings. The summed E-state index contributed by atoms with van der Waals surface area (Å²) in [5.74, 6) is 0.661. The van der Waals surface area contributed by atoms with Crippen LogP contribution in [0.2, 0.25) is 5.02 Å². The van der Waals surface area contributed by atoms with Gasteiger partial charge < -0.3 is 24.6 Å². The largest absolute Gasteiger partial charge is 0.497 e. The zero-order chi connectivity index (χ0) is 30.3. The van der Waals surface area contributed by atoms with Crippen LogP contribution in [0.5, 0.6) is 11.5 Å². The molecule has 226 valence electrons. The number of piperazine rings is 1. The Balaban J connectivity index is 1.25. The molecule has 43 heavy (non-hydrogen) atoms. The lowest BCUT2D eigenvalue weighted by Crippen LogP contribution is -2.47. The highest BCUT2D eigenvalue weighted by molar-refractivity contribution is 7.80. The third kappa shape index (κ3) is 7.21. The molecular weight excluding hydrogens is 586 g/mol. The van der Waals surface area contributed by atoms with E-state index >= 15 is 0 Å². The Morgan fingerprint density at radius 1 is 0.930 bits per heavy atom. The Morgan fingerprint density at radius 3 is 2.30 bits per heavy atom. The van der Waals surface area contributed by atoms with Gasteiger partial charge in [-0.1, -0.05) is 29.8 Å². The first-order valence-corrected chi connectivity index (χ1v) is 15.1. The molecule has 11 heteroatoms. The quantitative estimate of drug-likeness (QED) is 0.303. The number of benzene rings is 3. The monoisotopic (exact) mass is 621 g/mol. The summed E-state index contributed by atoms with van der Waals surface area (Å²) < 4.78 is 10.5. The van der Waals surface area contributed by atoms with Crippen LogP contribution in [0.1, 0.15) is 12.8 Å². The van der Waals surface area contributed by atoms with E-state index in [0.29, 0.717) is 39.6 Å². The lowest BCUT2D eigenvalue weighted by atomic mass is 10.1. The zero-order valence-corrected chi connectivity index (χ0v) is 25.9. The maximum absolute atomic E-state index is 13.8. The molecule has 2 amide bonds. The zero-order valence-electron chi connectivity index (χ0n) is 24.4. The normalized spacial score (nSPS) is 17.4. The van der Waals surface area contributed by atoms with Gasteiger partial charge in [0.25, 0.3) is 5.91 Å². The van der Waals surface area contributed by atoms with Crippen LogP contribution in [0.3, 0.4) is 0 Å². The molecule has 3 aromatic rings. The standard InChI is InChI=1S/C32H36ClN5O4S/c1-41-26-12-9-23(10-13-26)34-30(39)22-28-31(40)38(25-11-14-29(42-2)27(33)21-25)32(43)37(28)16-6-15-35-17-19-36(20-18-35)24-7-4-3-5-8-24/h3-5,7-14,21,28H,6,15-20,22H2,1-2H3,(H,34,39)/t28-/m1/s1. The fourth-order valence-electron chi connectivity index (χ4n) is 5.51. The summed E-state index contributed by atoms with van der Waals surface area (Å²) in [5.41, 5.74) is 2.41. The summed E-state index contributed by atoms with van der Waals surface area (Å²) in [7, 11) is 3.12. The number of anilines is 3. The van der Waals surface area contributed by atoms with Gasteiger partial charge in [0.15, 0.2) is 5.11 Å². The van der Waals surface area contributed by atoms with E-state index in [9.17, 15) is 9.59 Å². The van der Waals surface area contributed by atoms with E-state index in [1.807, 2.05) is 11.0 Å². The van der Waals surface area contributed by atoms with Gasteiger partial charge in [-0.3, -0.25) is 19.4 Å². The van der Waals surface area contributed by atoms with Gasteiger partial charge in [-0.2, -0.15) is 0 Å². The number of amides is 2. The molecule has 2 aliphatic rings. The van der Waals surface area contributed by atoms with Crippen molar-refractivity contribution in [3.05, 3.63) is 77.8 Å². The number of thiocarbonyl (C=S) groups is 1. The Labute approximate surface area is 262 Å². The number of carbonyl (C=O) groups is 2. The number of nitrogens with one attached hydrogen (secondary N) is 1. The average molecular weight is 622 g/mol. The summed E-state index contributed by atoms with van der Waals surface area (Å²) in [6.45, 7) is 5.26. The highest BCUT2D eigenvalue weighted by atomic mass is 35.5. The predicted molar refractivity (Wildman–Crippen MR) is 175 cm³/mol. The van der Waals surface area contributed by atoms with Crippen molar-refractivity contribution in [2.75, 3.05) is 68.6 Å². The highest BCUT2D eigenvalue weighted by Gasteiger charge is 2.44. The molecule has 2 aliphatic heterocycles. The van der Waals surface area contributed by atoms with Gasteiger partial charge in [0, 0.05) is 44.1 Å². The van der Waals surface area contributed by atoms with E-state index < -0.39 is 6.04 Å². The summed E-state index contributed by atoms with van der Waals surface area (Å²) in [5, 5.41) is 3.63. The third-order valence-corrected chi connectivity index (χ3v) is 8.54. The van der Waals surface area contributed by atoms with Gasteiger partial charge in [0.1, 0.15) is 17.5 Å².